The zero-order valence-electron chi connectivity index (χ0n) is 13.6. The van der Waals surface area contributed by atoms with Gasteiger partial charge in [0, 0.05) is 44.4 Å². The molecule has 6 heteroatoms. The van der Waals surface area contributed by atoms with Gasteiger partial charge in [-0.3, -0.25) is 9.69 Å². The summed E-state index contributed by atoms with van der Waals surface area (Å²) in [5.41, 5.74) is 1.48. The highest BCUT2D eigenvalue weighted by molar-refractivity contribution is 5.94. The van der Waals surface area contributed by atoms with Gasteiger partial charge in [-0.1, -0.05) is 6.07 Å². The van der Waals surface area contributed by atoms with E-state index in [-0.39, 0.29) is 11.7 Å². The monoisotopic (exact) mass is 329 g/mol. The average Bonchev–Trinajstić information content (AvgIpc) is 2.62. The van der Waals surface area contributed by atoms with Crippen molar-refractivity contribution in [2.75, 3.05) is 33.3 Å². The standard InChI is InChI=1S/C18H20FN3O2/c1-24-17-4-2-3-16(20-17)13-21-9-11-22(12-10-21)18(23)14-5-7-15(19)8-6-14/h2-8H,9-13H2,1H3. The molecule has 0 bridgehead atoms. The summed E-state index contributed by atoms with van der Waals surface area (Å²) < 4.78 is 18.1. The summed E-state index contributed by atoms with van der Waals surface area (Å²) in [5, 5.41) is 0. The number of piperazine rings is 1. The van der Waals surface area contributed by atoms with Crippen LogP contribution in [0, 0.1) is 5.82 Å². The Morgan fingerprint density at radius 2 is 1.83 bits per heavy atom. The molecule has 1 saturated heterocycles. The molecule has 0 spiro atoms. The molecule has 2 aromatic rings. The SMILES string of the molecule is COc1cccc(CN2CCN(C(=O)c3ccc(F)cc3)CC2)n1. The van der Waals surface area contributed by atoms with Gasteiger partial charge in [-0.05, 0) is 30.3 Å². The van der Waals surface area contributed by atoms with E-state index in [0.29, 0.717) is 24.5 Å². The topological polar surface area (TPSA) is 45.7 Å². The summed E-state index contributed by atoms with van der Waals surface area (Å²) in [6.07, 6.45) is 0. The van der Waals surface area contributed by atoms with E-state index in [1.54, 1.807) is 7.11 Å². The number of ether oxygens (including phenoxy) is 1. The first-order valence-electron chi connectivity index (χ1n) is 7.93. The molecule has 1 aromatic heterocycles. The van der Waals surface area contributed by atoms with Crippen LogP contribution >= 0.6 is 0 Å². The molecular formula is C18H20FN3O2. The average molecular weight is 329 g/mol. The number of carbonyl (C=O) groups is 1. The number of pyridine rings is 1. The van der Waals surface area contributed by atoms with E-state index in [2.05, 4.69) is 9.88 Å². The minimum atomic E-state index is -0.331. The molecule has 1 aromatic carbocycles. The van der Waals surface area contributed by atoms with Crippen LogP contribution in [-0.4, -0.2) is 54.0 Å². The fourth-order valence-corrected chi connectivity index (χ4v) is 2.77. The molecule has 0 radical (unpaired) electrons. The number of nitrogens with zero attached hydrogens (tertiary/aromatic N) is 3. The van der Waals surface area contributed by atoms with E-state index in [1.165, 1.54) is 24.3 Å². The molecule has 2 heterocycles. The second-order valence-corrected chi connectivity index (χ2v) is 5.75. The van der Waals surface area contributed by atoms with Crippen molar-refractivity contribution in [3.8, 4) is 5.88 Å². The van der Waals surface area contributed by atoms with Gasteiger partial charge in [-0.2, -0.15) is 0 Å². The van der Waals surface area contributed by atoms with Crippen LogP contribution in [0.1, 0.15) is 16.1 Å². The van der Waals surface area contributed by atoms with E-state index < -0.39 is 0 Å². The molecule has 3 rings (SSSR count). The third-order valence-electron chi connectivity index (χ3n) is 4.13. The van der Waals surface area contributed by atoms with Crippen molar-refractivity contribution in [1.29, 1.82) is 0 Å². The number of carbonyl (C=O) groups excluding carboxylic acids is 1. The smallest absolute Gasteiger partial charge is 0.253 e. The number of amides is 1. The number of methoxy groups -OCH3 is 1. The molecule has 0 aliphatic carbocycles. The first kappa shape index (κ1) is 16.4. The lowest BCUT2D eigenvalue weighted by Gasteiger charge is -2.34. The molecule has 0 saturated carbocycles. The lowest BCUT2D eigenvalue weighted by Crippen LogP contribution is -2.48. The predicted molar refractivity (Wildman–Crippen MR) is 88.4 cm³/mol. The van der Waals surface area contributed by atoms with Crippen molar-refractivity contribution in [1.82, 2.24) is 14.8 Å². The maximum atomic E-state index is 13.0. The van der Waals surface area contributed by atoms with Gasteiger partial charge in [0.15, 0.2) is 0 Å². The van der Waals surface area contributed by atoms with Crippen LogP contribution in [0.2, 0.25) is 0 Å². The van der Waals surface area contributed by atoms with E-state index in [1.807, 2.05) is 23.1 Å². The van der Waals surface area contributed by atoms with Crippen LogP contribution in [-0.2, 0) is 6.54 Å². The second-order valence-electron chi connectivity index (χ2n) is 5.75. The van der Waals surface area contributed by atoms with E-state index in [0.717, 1.165) is 25.3 Å². The number of rotatable bonds is 4. The number of hydrogen-bond acceptors (Lipinski definition) is 4. The lowest BCUT2D eigenvalue weighted by atomic mass is 10.1. The Kier molecular flexibility index (Phi) is 5.05. The van der Waals surface area contributed by atoms with Crippen molar-refractivity contribution < 1.29 is 13.9 Å². The molecule has 5 nitrogen and oxygen atoms in total. The highest BCUT2D eigenvalue weighted by atomic mass is 19.1. The van der Waals surface area contributed by atoms with Crippen LogP contribution in [0.4, 0.5) is 4.39 Å². The summed E-state index contributed by atoms with van der Waals surface area (Å²) in [6.45, 7) is 3.60. The van der Waals surface area contributed by atoms with Crippen LogP contribution in [0.25, 0.3) is 0 Å². The van der Waals surface area contributed by atoms with Gasteiger partial charge in [0.05, 0.1) is 12.8 Å². The zero-order valence-corrected chi connectivity index (χ0v) is 13.6. The first-order valence-corrected chi connectivity index (χ1v) is 7.93. The normalized spacial score (nSPS) is 15.3. The zero-order chi connectivity index (χ0) is 16.9. The van der Waals surface area contributed by atoms with E-state index in [4.69, 9.17) is 4.74 Å². The van der Waals surface area contributed by atoms with E-state index in [9.17, 15) is 9.18 Å². The van der Waals surface area contributed by atoms with Gasteiger partial charge >= 0.3 is 0 Å². The van der Waals surface area contributed by atoms with Gasteiger partial charge < -0.3 is 9.64 Å². The Labute approximate surface area is 140 Å². The summed E-state index contributed by atoms with van der Waals surface area (Å²) in [4.78, 5) is 20.9. The summed E-state index contributed by atoms with van der Waals surface area (Å²) in [5.74, 6) is 0.230. The minimum absolute atomic E-state index is 0.0471. The van der Waals surface area contributed by atoms with Crippen molar-refractivity contribution in [3.63, 3.8) is 0 Å². The molecule has 1 amide bonds. The molecule has 0 N–H and O–H groups in total. The quantitative estimate of drug-likeness (QED) is 0.863. The molecule has 126 valence electrons. The Balaban J connectivity index is 1.55. The highest BCUT2D eigenvalue weighted by Crippen LogP contribution is 2.13. The molecule has 1 aliphatic heterocycles. The van der Waals surface area contributed by atoms with Gasteiger partial charge in [0.25, 0.3) is 5.91 Å². The Morgan fingerprint density at radius 3 is 2.50 bits per heavy atom. The number of aromatic nitrogens is 1. The molecule has 0 atom stereocenters. The van der Waals surface area contributed by atoms with Gasteiger partial charge in [-0.15, -0.1) is 0 Å². The van der Waals surface area contributed by atoms with Gasteiger partial charge in [0.2, 0.25) is 5.88 Å². The van der Waals surface area contributed by atoms with Crippen molar-refractivity contribution in [2.45, 2.75) is 6.54 Å². The second kappa shape index (κ2) is 7.40. The van der Waals surface area contributed by atoms with Crippen molar-refractivity contribution >= 4 is 5.91 Å². The van der Waals surface area contributed by atoms with Gasteiger partial charge in [-0.25, -0.2) is 9.37 Å². The predicted octanol–water partition coefficient (Wildman–Crippen LogP) is 2.19. The van der Waals surface area contributed by atoms with Crippen LogP contribution in [0.3, 0.4) is 0 Å². The fraction of sp³-hybridized carbons (Fsp3) is 0.333. The Hall–Kier alpha value is -2.47. The van der Waals surface area contributed by atoms with E-state index >= 15 is 0 Å². The third kappa shape index (κ3) is 3.89. The largest absolute Gasteiger partial charge is 0.481 e. The first-order chi connectivity index (χ1) is 11.7. The summed E-state index contributed by atoms with van der Waals surface area (Å²) in [7, 11) is 1.60. The maximum Gasteiger partial charge on any atom is 0.253 e. The number of benzene rings is 1. The lowest BCUT2D eigenvalue weighted by molar-refractivity contribution is 0.0627. The molecule has 24 heavy (non-hydrogen) atoms. The van der Waals surface area contributed by atoms with Crippen LogP contribution in [0.5, 0.6) is 5.88 Å². The fourth-order valence-electron chi connectivity index (χ4n) is 2.77. The van der Waals surface area contributed by atoms with Gasteiger partial charge in [0.1, 0.15) is 5.82 Å². The summed E-state index contributed by atoms with van der Waals surface area (Å²) >= 11 is 0. The van der Waals surface area contributed by atoms with Crippen LogP contribution in [0.15, 0.2) is 42.5 Å². The van der Waals surface area contributed by atoms with Crippen molar-refractivity contribution in [2.24, 2.45) is 0 Å². The molecule has 1 fully saturated rings. The number of hydrogen-bond donors (Lipinski definition) is 0. The third-order valence-corrected chi connectivity index (χ3v) is 4.13. The Morgan fingerprint density at radius 1 is 1.12 bits per heavy atom. The molecular weight excluding hydrogens is 309 g/mol. The van der Waals surface area contributed by atoms with Crippen molar-refractivity contribution in [3.05, 3.63) is 59.5 Å². The number of halogens is 1. The summed E-state index contributed by atoms with van der Waals surface area (Å²) in [6, 6.07) is 11.4. The molecule has 0 unspecified atom stereocenters. The Bertz CT molecular complexity index is 698. The minimum Gasteiger partial charge on any atom is -0.481 e. The molecule has 1 aliphatic rings. The highest BCUT2D eigenvalue weighted by Gasteiger charge is 2.22. The maximum absolute atomic E-state index is 13.0. The van der Waals surface area contributed by atoms with Crippen LogP contribution < -0.4 is 4.74 Å².